The molecule has 0 spiro atoms. The molecule has 0 amide bonds. The van der Waals surface area contributed by atoms with Gasteiger partial charge in [-0.1, -0.05) is 37.3 Å². The number of benzene rings is 1. The molecule has 2 N–H and O–H groups in total. The summed E-state index contributed by atoms with van der Waals surface area (Å²) in [4.78, 5) is 0. The predicted molar refractivity (Wildman–Crippen MR) is 78.4 cm³/mol. The molecule has 0 aromatic heterocycles. The lowest BCUT2D eigenvalue weighted by atomic mass is 9.70. The van der Waals surface area contributed by atoms with Crippen molar-refractivity contribution in [1.82, 2.24) is 0 Å². The molecule has 0 saturated carbocycles. The van der Waals surface area contributed by atoms with E-state index < -0.39 is 0 Å². The Hall–Kier alpha value is -1.12. The van der Waals surface area contributed by atoms with Gasteiger partial charge in [0.05, 0.1) is 6.61 Å². The van der Waals surface area contributed by atoms with E-state index in [0.29, 0.717) is 0 Å². The van der Waals surface area contributed by atoms with Crippen molar-refractivity contribution in [3.63, 3.8) is 0 Å². The predicted octanol–water partition coefficient (Wildman–Crippen LogP) is 2.75. The number of aliphatic hydroxyl groups excluding tert-OH is 2. The van der Waals surface area contributed by atoms with Crippen LogP contribution < -0.4 is 0 Å². The molecule has 1 atom stereocenters. The first-order chi connectivity index (χ1) is 9.19. The van der Waals surface area contributed by atoms with Gasteiger partial charge in [0, 0.05) is 12.0 Å². The van der Waals surface area contributed by atoms with E-state index in [0.717, 1.165) is 25.7 Å². The van der Waals surface area contributed by atoms with E-state index in [9.17, 15) is 0 Å². The topological polar surface area (TPSA) is 40.5 Å². The second-order valence-corrected chi connectivity index (χ2v) is 5.67. The molecule has 0 fully saturated rings. The summed E-state index contributed by atoms with van der Waals surface area (Å²) in [6, 6.07) is 6.73. The largest absolute Gasteiger partial charge is 0.396 e. The zero-order valence-corrected chi connectivity index (χ0v) is 11.7. The Kier molecular flexibility index (Phi) is 4.78. The van der Waals surface area contributed by atoms with Gasteiger partial charge in [-0.2, -0.15) is 0 Å². The molecule has 2 rings (SSSR count). The molecular weight excluding hydrogens is 236 g/mol. The molecule has 1 aromatic carbocycles. The van der Waals surface area contributed by atoms with Gasteiger partial charge in [-0.05, 0) is 48.8 Å². The van der Waals surface area contributed by atoms with Gasteiger partial charge >= 0.3 is 0 Å². The maximum atomic E-state index is 9.02. The third-order valence-corrected chi connectivity index (χ3v) is 4.15. The molecule has 104 valence electrons. The van der Waals surface area contributed by atoms with E-state index in [2.05, 4.69) is 31.2 Å². The Morgan fingerprint density at radius 2 is 2.16 bits per heavy atom. The second-order valence-electron chi connectivity index (χ2n) is 5.67. The highest BCUT2D eigenvalue weighted by Crippen LogP contribution is 2.38. The van der Waals surface area contributed by atoms with E-state index in [1.54, 1.807) is 0 Å². The molecule has 0 bridgehead atoms. The van der Waals surface area contributed by atoms with E-state index >= 15 is 0 Å². The molecule has 0 radical (unpaired) electrons. The fraction of sp³-hybridized carbons (Fsp3) is 0.529. The Morgan fingerprint density at radius 3 is 2.89 bits per heavy atom. The van der Waals surface area contributed by atoms with Crippen molar-refractivity contribution < 1.29 is 10.2 Å². The minimum absolute atomic E-state index is 0.0472. The number of aryl methyl sites for hydroxylation is 2. The van der Waals surface area contributed by atoms with Crippen LogP contribution >= 0.6 is 0 Å². The normalized spacial score (nSPS) is 22.7. The van der Waals surface area contributed by atoms with Gasteiger partial charge in [0.15, 0.2) is 0 Å². The zero-order valence-electron chi connectivity index (χ0n) is 11.7. The molecular formula is C17H24O2. The molecule has 1 aliphatic rings. The summed E-state index contributed by atoms with van der Waals surface area (Å²) < 4.78 is 0. The standard InChI is InChI=1S/C17H24O2/c1-17(10-4-12-19)9-2-6-15-8-7-14(5-3-11-18)13-16(15)17/h4,7-8,10,13,18-19H,2-3,5-6,9,11-12H2,1H3/b10-4+. The van der Waals surface area contributed by atoms with Crippen molar-refractivity contribution in [3.8, 4) is 0 Å². The Labute approximate surface area is 115 Å². The highest BCUT2D eigenvalue weighted by atomic mass is 16.3. The molecule has 0 heterocycles. The summed E-state index contributed by atoms with van der Waals surface area (Å²) in [5.74, 6) is 0. The molecule has 19 heavy (non-hydrogen) atoms. The van der Waals surface area contributed by atoms with Gasteiger partial charge < -0.3 is 10.2 Å². The fourth-order valence-corrected chi connectivity index (χ4v) is 3.08. The SMILES string of the molecule is CC1(/C=C/CO)CCCc2ccc(CCCO)cc21. The van der Waals surface area contributed by atoms with Crippen LogP contribution in [0.4, 0.5) is 0 Å². The number of hydrogen-bond acceptors (Lipinski definition) is 2. The van der Waals surface area contributed by atoms with Gasteiger partial charge in [-0.25, -0.2) is 0 Å². The lowest BCUT2D eigenvalue weighted by Crippen LogP contribution is -2.25. The van der Waals surface area contributed by atoms with Crippen molar-refractivity contribution in [2.45, 2.75) is 44.4 Å². The molecule has 2 nitrogen and oxygen atoms in total. The Bertz CT molecular complexity index is 451. The van der Waals surface area contributed by atoms with Gasteiger partial charge in [-0.15, -0.1) is 0 Å². The number of rotatable bonds is 5. The van der Waals surface area contributed by atoms with Crippen molar-refractivity contribution >= 4 is 0 Å². The number of fused-ring (bicyclic) bond motifs is 1. The summed E-state index contributed by atoms with van der Waals surface area (Å²) in [6.45, 7) is 2.61. The quantitative estimate of drug-likeness (QED) is 0.799. The van der Waals surface area contributed by atoms with Crippen molar-refractivity contribution in [2.75, 3.05) is 13.2 Å². The van der Waals surface area contributed by atoms with Gasteiger partial charge in [0.2, 0.25) is 0 Å². The van der Waals surface area contributed by atoms with Crippen molar-refractivity contribution in [3.05, 3.63) is 47.0 Å². The maximum absolute atomic E-state index is 9.02. The number of allylic oxidation sites excluding steroid dienone is 1. The third-order valence-electron chi connectivity index (χ3n) is 4.15. The van der Waals surface area contributed by atoms with Crippen molar-refractivity contribution in [1.29, 1.82) is 0 Å². The molecule has 1 unspecified atom stereocenters. The van der Waals surface area contributed by atoms with Crippen LogP contribution in [0.5, 0.6) is 0 Å². The highest BCUT2D eigenvalue weighted by molar-refractivity contribution is 5.42. The van der Waals surface area contributed by atoms with E-state index in [1.807, 2.05) is 6.08 Å². The summed E-state index contributed by atoms with van der Waals surface area (Å²) in [5, 5.41) is 18.0. The van der Waals surface area contributed by atoms with E-state index in [1.165, 1.54) is 23.1 Å². The molecule has 1 aromatic rings. The van der Waals surface area contributed by atoms with Gasteiger partial charge in [0.25, 0.3) is 0 Å². The molecule has 0 aliphatic heterocycles. The molecule has 0 saturated heterocycles. The van der Waals surface area contributed by atoms with Crippen LogP contribution in [-0.2, 0) is 18.3 Å². The first-order valence-electron chi connectivity index (χ1n) is 7.21. The Morgan fingerprint density at radius 1 is 1.32 bits per heavy atom. The van der Waals surface area contributed by atoms with Crippen LogP contribution in [0.15, 0.2) is 30.4 Å². The molecule has 2 heteroatoms. The third kappa shape index (κ3) is 3.26. The average molecular weight is 260 g/mol. The van der Waals surface area contributed by atoms with Crippen molar-refractivity contribution in [2.24, 2.45) is 0 Å². The summed E-state index contributed by atoms with van der Waals surface area (Å²) in [7, 11) is 0. The summed E-state index contributed by atoms with van der Waals surface area (Å²) in [6.07, 6.45) is 9.26. The van der Waals surface area contributed by atoms with Crippen LogP contribution in [-0.4, -0.2) is 23.4 Å². The van der Waals surface area contributed by atoms with Crippen LogP contribution in [0.2, 0.25) is 0 Å². The van der Waals surface area contributed by atoms with Crippen LogP contribution in [0.25, 0.3) is 0 Å². The lowest BCUT2D eigenvalue weighted by Gasteiger charge is -2.34. The Balaban J connectivity index is 2.32. The first kappa shape index (κ1) is 14.3. The lowest BCUT2D eigenvalue weighted by molar-refractivity contribution is 0.288. The fourth-order valence-electron chi connectivity index (χ4n) is 3.08. The average Bonchev–Trinajstić information content (AvgIpc) is 2.44. The van der Waals surface area contributed by atoms with Crippen LogP contribution in [0.3, 0.4) is 0 Å². The van der Waals surface area contributed by atoms with Gasteiger partial charge in [-0.3, -0.25) is 0 Å². The molecule has 1 aliphatic carbocycles. The number of aliphatic hydroxyl groups is 2. The van der Waals surface area contributed by atoms with Gasteiger partial charge in [0.1, 0.15) is 0 Å². The maximum Gasteiger partial charge on any atom is 0.0612 e. The second kappa shape index (κ2) is 6.36. The zero-order chi connectivity index (χ0) is 13.7. The van der Waals surface area contributed by atoms with E-state index in [4.69, 9.17) is 10.2 Å². The van der Waals surface area contributed by atoms with Crippen LogP contribution in [0.1, 0.15) is 42.9 Å². The van der Waals surface area contributed by atoms with Crippen LogP contribution in [0, 0.1) is 0 Å². The summed E-state index contributed by atoms with van der Waals surface area (Å²) in [5.41, 5.74) is 4.19. The smallest absolute Gasteiger partial charge is 0.0612 e. The monoisotopic (exact) mass is 260 g/mol. The minimum Gasteiger partial charge on any atom is -0.396 e. The summed E-state index contributed by atoms with van der Waals surface area (Å²) >= 11 is 0. The van der Waals surface area contributed by atoms with E-state index in [-0.39, 0.29) is 18.6 Å². The highest BCUT2D eigenvalue weighted by Gasteiger charge is 2.29. The number of hydrogen-bond donors (Lipinski definition) is 2. The first-order valence-corrected chi connectivity index (χ1v) is 7.21. The minimum atomic E-state index is 0.0472.